The van der Waals surface area contributed by atoms with Gasteiger partial charge in [0.25, 0.3) is 0 Å². The van der Waals surface area contributed by atoms with Crippen LogP contribution in [0.25, 0.3) is 0 Å². The third kappa shape index (κ3) is 3.00. The van der Waals surface area contributed by atoms with Gasteiger partial charge in [0.1, 0.15) is 5.82 Å². The van der Waals surface area contributed by atoms with Crippen molar-refractivity contribution in [2.75, 3.05) is 0 Å². The van der Waals surface area contributed by atoms with Gasteiger partial charge in [-0.05, 0) is 66.1 Å². The minimum atomic E-state index is -0.0949. The second-order valence-electron chi connectivity index (χ2n) is 5.91. The molecule has 1 aliphatic rings. The molecular weight excluding hydrogens is 259 g/mol. The summed E-state index contributed by atoms with van der Waals surface area (Å²) in [5.41, 5.74) is 5.08. The Kier molecular flexibility index (Phi) is 3.80. The van der Waals surface area contributed by atoms with Gasteiger partial charge in [-0.3, -0.25) is 0 Å². The SMILES string of the molecule is CCc1ccc(C#Cc2cc(F)c3c(c2)CC(C)C3)cc1. The van der Waals surface area contributed by atoms with Gasteiger partial charge >= 0.3 is 0 Å². The molecule has 3 rings (SSSR count). The Labute approximate surface area is 126 Å². The van der Waals surface area contributed by atoms with E-state index in [-0.39, 0.29) is 5.82 Å². The zero-order valence-electron chi connectivity index (χ0n) is 12.5. The van der Waals surface area contributed by atoms with Gasteiger partial charge in [-0.1, -0.05) is 37.8 Å². The van der Waals surface area contributed by atoms with E-state index in [0.29, 0.717) is 5.92 Å². The van der Waals surface area contributed by atoms with Crippen molar-refractivity contribution in [1.29, 1.82) is 0 Å². The minimum Gasteiger partial charge on any atom is -0.207 e. The quantitative estimate of drug-likeness (QED) is 0.673. The highest BCUT2D eigenvalue weighted by molar-refractivity contribution is 5.47. The lowest BCUT2D eigenvalue weighted by Gasteiger charge is -2.01. The molecule has 0 N–H and O–H groups in total. The largest absolute Gasteiger partial charge is 0.207 e. The van der Waals surface area contributed by atoms with E-state index in [0.717, 1.165) is 41.5 Å². The van der Waals surface area contributed by atoms with E-state index < -0.39 is 0 Å². The monoisotopic (exact) mass is 278 g/mol. The molecule has 0 fully saturated rings. The van der Waals surface area contributed by atoms with Crippen molar-refractivity contribution < 1.29 is 4.39 Å². The number of hydrogen-bond acceptors (Lipinski definition) is 0. The fourth-order valence-electron chi connectivity index (χ4n) is 2.94. The predicted octanol–water partition coefficient (Wildman–Crippen LogP) is 4.52. The molecule has 2 aromatic carbocycles. The van der Waals surface area contributed by atoms with E-state index in [9.17, 15) is 4.39 Å². The molecule has 0 bridgehead atoms. The van der Waals surface area contributed by atoms with Gasteiger partial charge in [0, 0.05) is 11.1 Å². The number of hydrogen-bond donors (Lipinski definition) is 0. The Bertz CT molecular complexity index is 714. The van der Waals surface area contributed by atoms with Crippen molar-refractivity contribution >= 4 is 0 Å². The highest BCUT2D eigenvalue weighted by Crippen LogP contribution is 2.29. The summed E-state index contributed by atoms with van der Waals surface area (Å²) in [7, 11) is 0. The summed E-state index contributed by atoms with van der Waals surface area (Å²) >= 11 is 0. The summed E-state index contributed by atoms with van der Waals surface area (Å²) in [6.45, 7) is 4.30. The van der Waals surface area contributed by atoms with E-state index in [1.807, 2.05) is 12.1 Å². The van der Waals surface area contributed by atoms with Gasteiger partial charge in [-0.15, -0.1) is 0 Å². The maximum Gasteiger partial charge on any atom is 0.127 e. The summed E-state index contributed by atoms with van der Waals surface area (Å²) in [4.78, 5) is 0. The number of aryl methyl sites for hydroxylation is 1. The topological polar surface area (TPSA) is 0 Å². The molecule has 1 atom stereocenters. The first kappa shape index (κ1) is 13.9. The first-order valence-corrected chi connectivity index (χ1v) is 7.58. The number of rotatable bonds is 1. The highest BCUT2D eigenvalue weighted by atomic mass is 19.1. The fourth-order valence-corrected chi connectivity index (χ4v) is 2.94. The van der Waals surface area contributed by atoms with Crippen LogP contribution in [0.1, 0.15) is 41.7 Å². The average Bonchev–Trinajstić information content (AvgIpc) is 2.87. The van der Waals surface area contributed by atoms with Crippen LogP contribution >= 0.6 is 0 Å². The standard InChI is InChI=1S/C20H19F/c1-3-15-4-6-16(7-5-15)8-9-17-12-18-10-14(2)11-19(18)20(21)13-17/h4-7,12-14H,3,10-11H2,1-2H3. The van der Waals surface area contributed by atoms with Crippen molar-refractivity contribution in [3.8, 4) is 11.8 Å². The van der Waals surface area contributed by atoms with Crippen molar-refractivity contribution in [1.82, 2.24) is 0 Å². The zero-order chi connectivity index (χ0) is 14.8. The van der Waals surface area contributed by atoms with Crippen LogP contribution in [0, 0.1) is 23.6 Å². The Morgan fingerprint density at radius 3 is 2.48 bits per heavy atom. The predicted molar refractivity (Wildman–Crippen MR) is 84.8 cm³/mol. The molecule has 0 nitrogen and oxygen atoms in total. The molecular formula is C20H19F. The smallest absolute Gasteiger partial charge is 0.127 e. The van der Waals surface area contributed by atoms with Crippen LogP contribution < -0.4 is 0 Å². The van der Waals surface area contributed by atoms with Crippen molar-refractivity contribution in [3.63, 3.8) is 0 Å². The molecule has 0 aromatic heterocycles. The van der Waals surface area contributed by atoms with Gasteiger partial charge in [-0.25, -0.2) is 4.39 Å². The molecule has 0 saturated carbocycles. The molecule has 1 aliphatic carbocycles. The second-order valence-corrected chi connectivity index (χ2v) is 5.91. The molecule has 1 unspecified atom stereocenters. The van der Waals surface area contributed by atoms with E-state index in [1.54, 1.807) is 6.07 Å². The molecule has 0 radical (unpaired) electrons. The number of fused-ring (bicyclic) bond motifs is 1. The van der Waals surface area contributed by atoms with Crippen molar-refractivity contribution in [2.24, 2.45) is 5.92 Å². The lowest BCUT2D eigenvalue weighted by atomic mass is 10.1. The Morgan fingerprint density at radius 1 is 1.05 bits per heavy atom. The molecule has 0 spiro atoms. The van der Waals surface area contributed by atoms with Crippen molar-refractivity contribution in [2.45, 2.75) is 33.1 Å². The lowest BCUT2D eigenvalue weighted by molar-refractivity contribution is 0.587. The summed E-state index contributed by atoms with van der Waals surface area (Å²) in [6.07, 6.45) is 2.85. The summed E-state index contributed by atoms with van der Waals surface area (Å²) < 4.78 is 14.1. The van der Waals surface area contributed by atoms with Crippen LogP contribution in [-0.2, 0) is 19.3 Å². The third-order valence-corrected chi connectivity index (χ3v) is 4.12. The van der Waals surface area contributed by atoms with Crippen LogP contribution in [0.4, 0.5) is 4.39 Å². The molecule has 0 heterocycles. The average molecular weight is 278 g/mol. The van der Waals surface area contributed by atoms with Gasteiger partial charge in [0.15, 0.2) is 0 Å². The summed E-state index contributed by atoms with van der Waals surface area (Å²) in [5.74, 6) is 6.67. The number of benzene rings is 2. The Balaban J connectivity index is 1.87. The fraction of sp³-hybridized carbons (Fsp3) is 0.300. The molecule has 0 aliphatic heterocycles. The molecule has 0 amide bonds. The maximum absolute atomic E-state index is 14.1. The summed E-state index contributed by atoms with van der Waals surface area (Å²) in [6, 6.07) is 11.9. The minimum absolute atomic E-state index is 0.0949. The molecule has 21 heavy (non-hydrogen) atoms. The first-order chi connectivity index (χ1) is 10.2. The maximum atomic E-state index is 14.1. The number of halogens is 1. The third-order valence-electron chi connectivity index (χ3n) is 4.12. The normalized spacial score (nSPS) is 16.2. The van der Waals surface area contributed by atoms with E-state index in [2.05, 4.69) is 43.9 Å². The van der Waals surface area contributed by atoms with Crippen LogP contribution in [0.15, 0.2) is 36.4 Å². The van der Waals surface area contributed by atoms with Gasteiger partial charge < -0.3 is 0 Å². The van der Waals surface area contributed by atoms with Gasteiger partial charge in [0.05, 0.1) is 0 Å². The van der Waals surface area contributed by atoms with E-state index >= 15 is 0 Å². The molecule has 2 aromatic rings. The summed E-state index contributed by atoms with van der Waals surface area (Å²) in [5, 5.41) is 0. The van der Waals surface area contributed by atoms with E-state index in [4.69, 9.17) is 0 Å². The van der Waals surface area contributed by atoms with Crippen molar-refractivity contribution in [3.05, 3.63) is 70.0 Å². The van der Waals surface area contributed by atoms with Gasteiger partial charge in [-0.2, -0.15) is 0 Å². The van der Waals surface area contributed by atoms with Crippen LogP contribution in [0.5, 0.6) is 0 Å². The molecule has 1 heteroatoms. The second kappa shape index (κ2) is 5.74. The lowest BCUT2D eigenvalue weighted by Crippen LogP contribution is -1.91. The van der Waals surface area contributed by atoms with Gasteiger partial charge in [0.2, 0.25) is 0 Å². The highest BCUT2D eigenvalue weighted by Gasteiger charge is 2.21. The Morgan fingerprint density at radius 2 is 1.76 bits per heavy atom. The molecule has 106 valence electrons. The zero-order valence-corrected chi connectivity index (χ0v) is 12.5. The first-order valence-electron chi connectivity index (χ1n) is 7.58. The van der Waals surface area contributed by atoms with Crippen LogP contribution in [0.3, 0.4) is 0 Å². The van der Waals surface area contributed by atoms with E-state index in [1.165, 1.54) is 5.56 Å². The molecule has 0 saturated heterocycles. The Hall–Kier alpha value is -2.07. The van der Waals surface area contributed by atoms with Crippen LogP contribution in [-0.4, -0.2) is 0 Å². The van der Waals surface area contributed by atoms with Crippen LogP contribution in [0.2, 0.25) is 0 Å².